The third-order valence-corrected chi connectivity index (χ3v) is 3.34. The molecule has 0 aliphatic heterocycles. The van der Waals surface area contributed by atoms with Crippen LogP contribution in [0.25, 0.3) is 0 Å². The Labute approximate surface area is 118 Å². The van der Waals surface area contributed by atoms with Gasteiger partial charge in [0.25, 0.3) is 0 Å². The lowest BCUT2D eigenvalue weighted by Gasteiger charge is -2.27. The van der Waals surface area contributed by atoms with Crippen LogP contribution < -0.4 is 0 Å². The van der Waals surface area contributed by atoms with Crippen molar-refractivity contribution in [2.24, 2.45) is 0 Å². The second-order valence-electron chi connectivity index (χ2n) is 4.86. The van der Waals surface area contributed by atoms with Crippen LogP contribution in [0.4, 0.5) is 0 Å². The van der Waals surface area contributed by atoms with Gasteiger partial charge >= 0.3 is 5.97 Å². The van der Waals surface area contributed by atoms with E-state index < -0.39 is 5.41 Å². The normalized spacial score (nSPS) is 13.7. The van der Waals surface area contributed by atoms with E-state index in [9.17, 15) is 9.90 Å². The molecule has 4 heteroatoms. The molecule has 1 aromatic carbocycles. The molecule has 0 bridgehead atoms. The lowest BCUT2D eigenvalue weighted by Crippen LogP contribution is -2.36. The van der Waals surface area contributed by atoms with Crippen molar-refractivity contribution in [3.05, 3.63) is 54.0 Å². The van der Waals surface area contributed by atoms with Crippen molar-refractivity contribution < 1.29 is 19.1 Å². The van der Waals surface area contributed by atoms with Crippen LogP contribution >= 0.6 is 0 Å². The number of hydrogen-bond donors (Lipinski definition) is 1. The number of hydrogen-bond acceptors (Lipinski definition) is 4. The summed E-state index contributed by atoms with van der Waals surface area (Å²) < 4.78 is 10.5. The van der Waals surface area contributed by atoms with Gasteiger partial charge in [-0.3, -0.25) is 4.79 Å². The minimum atomic E-state index is -0.846. The van der Waals surface area contributed by atoms with Crippen LogP contribution in [0.2, 0.25) is 0 Å². The molecule has 1 N–H and O–H groups in total. The van der Waals surface area contributed by atoms with E-state index in [0.29, 0.717) is 18.8 Å². The Balaban J connectivity index is 2.37. The molecule has 1 unspecified atom stereocenters. The van der Waals surface area contributed by atoms with Gasteiger partial charge in [-0.15, -0.1) is 0 Å². The molecule has 0 saturated heterocycles. The maximum atomic E-state index is 12.4. The Morgan fingerprint density at radius 2 is 2.00 bits per heavy atom. The number of phenols is 1. The third-order valence-electron chi connectivity index (χ3n) is 3.34. The first-order valence-corrected chi connectivity index (χ1v) is 6.55. The molecule has 1 atom stereocenters. The molecule has 2 aromatic rings. The lowest BCUT2D eigenvalue weighted by molar-refractivity contribution is -0.149. The summed E-state index contributed by atoms with van der Waals surface area (Å²) in [5, 5.41) is 9.39. The van der Waals surface area contributed by atoms with E-state index in [1.807, 2.05) is 13.0 Å². The Morgan fingerprint density at radius 1 is 1.30 bits per heavy atom. The first-order valence-electron chi connectivity index (χ1n) is 6.55. The molecular formula is C16H18O4. The molecule has 1 aromatic heterocycles. The van der Waals surface area contributed by atoms with Crippen LogP contribution in [-0.2, 0) is 21.4 Å². The highest BCUT2D eigenvalue weighted by Gasteiger charge is 2.37. The van der Waals surface area contributed by atoms with Crippen LogP contribution in [0.3, 0.4) is 0 Å². The molecule has 106 valence electrons. The quantitative estimate of drug-likeness (QED) is 0.851. The summed E-state index contributed by atoms with van der Waals surface area (Å²) in [6, 6.07) is 10.2. The highest BCUT2D eigenvalue weighted by molar-refractivity contribution is 5.83. The number of carbonyl (C=O) groups excluding carboxylic acids is 1. The summed E-state index contributed by atoms with van der Waals surface area (Å²) >= 11 is 0. The van der Waals surface area contributed by atoms with Gasteiger partial charge in [0.15, 0.2) is 0 Å². The predicted octanol–water partition coefficient (Wildman–Crippen LogP) is 3.05. The number of benzene rings is 1. The Hall–Kier alpha value is -2.23. The highest BCUT2D eigenvalue weighted by atomic mass is 16.5. The first-order chi connectivity index (χ1) is 9.56. The average Bonchev–Trinajstić information content (AvgIpc) is 2.92. The second-order valence-corrected chi connectivity index (χ2v) is 4.86. The molecule has 0 spiro atoms. The molecule has 2 rings (SSSR count). The molecule has 0 radical (unpaired) electrons. The summed E-state index contributed by atoms with van der Waals surface area (Å²) in [4.78, 5) is 12.4. The van der Waals surface area contributed by atoms with E-state index in [2.05, 4.69) is 0 Å². The van der Waals surface area contributed by atoms with Crippen molar-refractivity contribution in [1.82, 2.24) is 0 Å². The van der Waals surface area contributed by atoms with Gasteiger partial charge in [0.1, 0.15) is 11.5 Å². The number of phenolic OH excluding ortho intramolecular Hbond substituents is 1. The number of aromatic hydroxyl groups is 1. The lowest BCUT2D eigenvalue weighted by atomic mass is 9.78. The van der Waals surface area contributed by atoms with E-state index in [0.717, 1.165) is 5.56 Å². The number of ether oxygens (including phenoxy) is 1. The van der Waals surface area contributed by atoms with Gasteiger partial charge in [-0.25, -0.2) is 0 Å². The van der Waals surface area contributed by atoms with Crippen molar-refractivity contribution in [2.75, 3.05) is 6.61 Å². The smallest absolute Gasteiger partial charge is 0.316 e. The van der Waals surface area contributed by atoms with Gasteiger partial charge < -0.3 is 14.3 Å². The zero-order chi connectivity index (χ0) is 14.6. The van der Waals surface area contributed by atoms with Gasteiger partial charge in [0.2, 0.25) is 0 Å². The predicted molar refractivity (Wildman–Crippen MR) is 74.5 cm³/mol. The summed E-state index contributed by atoms with van der Waals surface area (Å²) in [6.07, 6.45) is 1.99. The van der Waals surface area contributed by atoms with Crippen LogP contribution in [-0.4, -0.2) is 17.7 Å². The summed E-state index contributed by atoms with van der Waals surface area (Å²) in [5.41, 5.74) is -0.0631. The SMILES string of the molecule is CCOC(=O)C(C)(Cc1ccco1)c1ccc(O)cc1. The molecule has 1 heterocycles. The van der Waals surface area contributed by atoms with Gasteiger partial charge in [-0.05, 0) is 43.7 Å². The summed E-state index contributed by atoms with van der Waals surface area (Å²) in [5.74, 6) is 0.577. The van der Waals surface area contributed by atoms with Crippen LogP contribution in [0.5, 0.6) is 5.75 Å². The van der Waals surface area contributed by atoms with Crippen molar-refractivity contribution in [3.63, 3.8) is 0 Å². The van der Waals surface area contributed by atoms with Crippen molar-refractivity contribution in [1.29, 1.82) is 0 Å². The van der Waals surface area contributed by atoms with E-state index in [1.54, 1.807) is 43.5 Å². The Kier molecular flexibility index (Phi) is 4.13. The molecule has 0 aliphatic rings. The molecule has 0 saturated carbocycles. The fourth-order valence-corrected chi connectivity index (χ4v) is 2.17. The zero-order valence-corrected chi connectivity index (χ0v) is 11.6. The zero-order valence-electron chi connectivity index (χ0n) is 11.6. The van der Waals surface area contributed by atoms with Crippen LogP contribution in [0.15, 0.2) is 47.1 Å². The standard InChI is InChI=1S/C16H18O4/c1-3-19-15(18)16(2,11-14-5-4-10-20-14)12-6-8-13(17)9-7-12/h4-10,17H,3,11H2,1-2H3. The Morgan fingerprint density at radius 3 is 2.55 bits per heavy atom. The molecular weight excluding hydrogens is 256 g/mol. The molecule has 0 fully saturated rings. The third kappa shape index (κ3) is 2.85. The largest absolute Gasteiger partial charge is 0.508 e. The minimum Gasteiger partial charge on any atom is -0.508 e. The number of carbonyl (C=O) groups is 1. The van der Waals surface area contributed by atoms with Gasteiger partial charge in [0, 0.05) is 6.42 Å². The maximum absolute atomic E-state index is 12.4. The second kappa shape index (κ2) is 5.82. The summed E-state index contributed by atoms with van der Waals surface area (Å²) in [6.45, 7) is 3.92. The van der Waals surface area contributed by atoms with Gasteiger partial charge in [-0.2, -0.15) is 0 Å². The first kappa shape index (κ1) is 14.2. The number of rotatable bonds is 5. The van der Waals surface area contributed by atoms with Crippen LogP contribution in [0.1, 0.15) is 25.2 Å². The fourth-order valence-electron chi connectivity index (χ4n) is 2.17. The Bertz CT molecular complexity index is 557. The minimum absolute atomic E-state index is 0.165. The van der Waals surface area contributed by atoms with Crippen molar-refractivity contribution in [2.45, 2.75) is 25.7 Å². The maximum Gasteiger partial charge on any atom is 0.316 e. The van der Waals surface area contributed by atoms with E-state index in [1.165, 1.54) is 0 Å². The van der Waals surface area contributed by atoms with Gasteiger partial charge in [0.05, 0.1) is 18.3 Å². The van der Waals surface area contributed by atoms with Crippen LogP contribution in [0, 0.1) is 0 Å². The molecule has 0 aliphatic carbocycles. The van der Waals surface area contributed by atoms with E-state index >= 15 is 0 Å². The average molecular weight is 274 g/mol. The fraction of sp³-hybridized carbons (Fsp3) is 0.312. The number of furan rings is 1. The molecule has 4 nitrogen and oxygen atoms in total. The summed E-state index contributed by atoms with van der Waals surface area (Å²) in [7, 11) is 0. The van der Waals surface area contributed by atoms with E-state index in [-0.39, 0.29) is 11.7 Å². The van der Waals surface area contributed by atoms with Gasteiger partial charge in [-0.1, -0.05) is 12.1 Å². The van der Waals surface area contributed by atoms with E-state index in [4.69, 9.17) is 9.15 Å². The topological polar surface area (TPSA) is 59.7 Å². The van der Waals surface area contributed by atoms with Crippen molar-refractivity contribution >= 4 is 5.97 Å². The highest BCUT2D eigenvalue weighted by Crippen LogP contribution is 2.31. The molecule has 0 amide bonds. The monoisotopic (exact) mass is 274 g/mol. The van der Waals surface area contributed by atoms with Crippen molar-refractivity contribution in [3.8, 4) is 5.75 Å². The number of esters is 1. The molecule has 20 heavy (non-hydrogen) atoms.